The van der Waals surface area contributed by atoms with Crippen LogP contribution in [-0.4, -0.2) is 40.0 Å². The van der Waals surface area contributed by atoms with Crippen molar-refractivity contribution in [1.82, 2.24) is 25.6 Å². The molecule has 22 heavy (non-hydrogen) atoms. The second-order valence-corrected chi connectivity index (χ2v) is 5.61. The van der Waals surface area contributed by atoms with Crippen molar-refractivity contribution in [2.24, 2.45) is 0 Å². The Morgan fingerprint density at radius 3 is 2.86 bits per heavy atom. The van der Waals surface area contributed by atoms with Crippen molar-refractivity contribution in [3.8, 4) is 0 Å². The summed E-state index contributed by atoms with van der Waals surface area (Å²) in [7, 11) is 0. The van der Waals surface area contributed by atoms with Crippen molar-refractivity contribution in [3.63, 3.8) is 0 Å². The van der Waals surface area contributed by atoms with Crippen LogP contribution >= 0.6 is 0 Å². The lowest BCUT2D eigenvalue weighted by molar-refractivity contribution is 0.0926. The second kappa shape index (κ2) is 5.38. The number of rotatable bonds is 2. The van der Waals surface area contributed by atoms with Gasteiger partial charge >= 0.3 is 0 Å². The number of carbonyl (C=O) groups excluding carboxylic acids is 1. The number of para-hydroxylation sites is 1. The highest BCUT2D eigenvalue weighted by Gasteiger charge is 2.20. The van der Waals surface area contributed by atoms with Crippen LogP contribution in [0.5, 0.6) is 0 Å². The predicted molar refractivity (Wildman–Crippen MR) is 84.8 cm³/mol. The van der Waals surface area contributed by atoms with Crippen LogP contribution in [0.2, 0.25) is 0 Å². The molecule has 1 fully saturated rings. The van der Waals surface area contributed by atoms with Gasteiger partial charge in [0.05, 0.1) is 5.52 Å². The molecule has 0 atom stereocenters. The van der Waals surface area contributed by atoms with E-state index < -0.39 is 0 Å². The van der Waals surface area contributed by atoms with Crippen LogP contribution in [0.1, 0.15) is 23.3 Å². The van der Waals surface area contributed by atoms with Crippen molar-refractivity contribution in [2.45, 2.75) is 18.9 Å². The number of benzene rings is 1. The van der Waals surface area contributed by atoms with E-state index in [9.17, 15) is 4.79 Å². The fourth-order valence-electron chi connectivity index (χ4n) is 3.03. The standard InChI is InChI=1S/C16H17N5O/c22-16(20-10-5-7-17-8-6-10)15-14-13(18-9-19-15)11-3-1-2-4-12(11)21-14/h1-4,9-10,17,21H,5-8H2,(H,20,22). The number of hydrogen-bond acceptors (Lipinski definition) is 4. The molecule has 4 rings (SSSR count). The maximum Gasteiger partial charge on any atom is 0.272 e. The molecule has 1 aliphatic heterocycles. The summed E-state index contributed by atoms with van der Waals surface area (Å²) in [5.41, 5.74) is 2.88. The lowest BCUT2D eigenvalue weighted by Crippen LogP contribution is -2.43. The summed E-state index contributed by atoms with van der Waals surface area (Å²) in [6, 6.07) is 8.11. The van der Waals surface area contributed by atoms with Crippen LogP contribution in [0.4, 0.5) is 0 Å². The number of fused-ring (bicyclic) bond motifs is 3. The molecule has 112 valence electrons. The van der Waals surface area contributed by atoms with Gasteiger partial charge in [-0.3, -0.25) is 4.79 Å². The van der Waals surface area contributed by atoms with Gasteiger partial charge in [0.1, 0.15) is 11.8 Å². The van der Waals surface area contributed by atoms with Gasteiger partial charge < -0.3 is 15.6 Å². The van der Waals surface area contributed by atoms with Gasteiger partial charge in [0, 0.05) is 16.9 Å². The SMILES string of the molecule is O=C(NC1CCNCC1)c1ncnc2c1[nH]c1ccccc12. The first-order chi connectivity index (χ1) is 10.8. The van der Waals surface area contributed by atoms with Crippen molar-refractivity contribution in [3.05, 3.63) is 36.3 Å². The van der Waals surface area contributed by atoms with E-state index in [4.69, 9.17) is 0 Å². The highest BCUT2D eigenvalue weighted by molar-refractivity contribution is 6.12. The first kappa shape index (κ1) is 13.2. The maximum atomic E-state index is 12.6. The van der Waals surface area contributed by atoms with E-state index >= 15 is 0 Å². The van der Waals surface area contributed by atoms with Gasteiger partial charge in [-0.15, -0.1) is 0 Å². The molecule has 0 bridgehead atoms. The Kier molecular flexibility index (Phi) is 3.23. The molecule has 6 heteroatoms. The average Bonchev–Trinajstić information content (AvgIpc) is 2.94. The number of nitrogens with one attached hydrogen (secondary N) is 3. The lowest BCUT2D eigenvalue weighted by atomic mass is 10.1. The zero-order valence-corrected chi connectivity index (χ0v) is 12.1. The number of nitrogens with zero attached hydrogens (tertiary/aromatic N) is 2. The van der Waals surface area contributed by atoms with Gasteiger partial charge in [-0.25, -0.2) is 9.97 Å². The third-order valence-electron chi connectivity index (χ3n) is 4.18. The minimum Gasteiger partial charge on any atom is -0.351 e. The molecule has 1 amide bonds. The molecule has 0 aliphatic carbocycles. The fraction of sp³-hybridized carbons (Fsp3) is 0.312. The zero-order valence-electron chi connectivity index (χ0n) is 12.1. The molecule has 0 radical (unpaired) electrons. The predicted octanol–water partition coefficient (Wildman–Crippen LogP) is 1.59. The number of hydrogen-bond donors (Lipinski definition) is 3. The van der Waals surface area contributed by atoms with Gasteiger partial charge in [-0.1, -0.05) is 18.2 Å². The van der Waals surface area contributed by atoms with Crippen LogP contribution < -0.4 is 10.6 Å². The third kappa shape index (κ3) is 2.21. The molecule has 1 aromatic carbocycles. The summed E-state index contributed by atoms with van der Waals surface area (Å²) < 4.78 is 0. The van der Waals surface area contributed by atoms with E-state index in [1.54, 1.807) is 0 Å². The number of aromatic amines is 1. The lowest BCUT2D eigenvalue weighted by Gasteiger charge is -2.23. The highest BCUT2D eigenvalue weighted by Crippen LogP contribution is 2.24. The van der Waals surface area contributed by atoms with E-state index in [1.807, 2.05) is 24.3 Å². The Morgan fingerprint density at radius 1 is 1.18 bits per heavy atom. The van der Waals surface area contributed by atoms with Crippen LogP contribution in [0.25, 0.3) is 21.9 Å². The van der Waals surface area contributed by atoms with Crippen molar-refractivity contribution >= 4 is 27.8 Å². The fourth-order valence-corrected chi connectivity index (χ4v) is 3.03. The third-order valence-corrected chi connectivity index (χ3v) is 4.18. The summed E-state index contributed by atoms with van der Waals surface area (Å²) >= 11 is 0. The monoisotopic (exact) mass is 295 g/mol. The van der Waals surface area contributed by atoms with Gasteiger partial charge in [0.2, 0.25) is 0 Å². The summed E-state index contributed by atoms with van der Waals surface area (Å²) in [6.07, 6.45) is 3.36. The maximum absolute atomic E-state index is 12.6. The minimum atomic E-state index is -0.133. The molecular formula is C16H17N5O. The van der Waals surface area contributed by atoms with E-state index in [0.29, 0.717) is 11.2 Å². The molecule has 0 saturated carbocycles. The molecule has 1 saturated heterocycles. The largest absolute Gasteiger partial charge is 0.351 e. The van der Waals surface area contributed by atoms with E-state index in [-0.39, 0.29) is 11.9 Å². The number of amides is 1. The molecule has 6 nitrogen and oxygen atoms in total. The summed E-state index contributed by atoms with van der Waals surface area (Å²) in [5, 5.41) is 7.38. The Labute approximate surface area is 127 Å². The number of aromatic nitrogens is 3. The molecular weight excluding hydrogens is 278 g/mol. The Hall–Kier alpha value is -2.47. The summed E-state index contributed by atoms with van der Waals surface area (Å²) in [4.78, 5) is 24.4. The van der Waals surface area contributed by atoms with Crippen molar-refractivity contribution < 1.29 is 4.79 Å². The van der Waals surface area contributed by atoms with E-state index in [1.165, 1.54) is 6.33 Å². The van der Waals surface area contributed by atoms with Crippen LogP contribution in [0.3, 0.4) is 0 Å². The van der Waals surface area contributed by atoms with Gasteiger partial charge in [0.15, 0.2) is 5.69 Å². The van der Waals surface area contributed by atoms with Crippen LogP contribution in [0.15, 0.2) is 30.6 Å². The summed E-state index contributed by atoms with van der Waals surface area (Å²) in [5.74, 6) is -0.133. The Morgan fingerprint density at radius 2 is 2.00 bits per heavy atom. The van der Waals surface area contributed by atoms with Gasteiger partial charge in [-0.2, -0.15) is 0 Å². The molecule has 3 aromatic rings. The van der Waals surface area contributed by atoms with Crippen LogP contribution in [-0.2, 0) is 0 Å². The molecule has 3 N–H and O–H groups in total. The molecule has 1 aliphatic rings. The average molecular weight is 295 g/mol. The Balaban J connectivity index is 1.73. The Bertz CT molecular complexity index is 835. The minimum absolute atomic E-state index is 0.133. The van der Waals surface area contributed by atoms with Crippen LogP contribution in [0, 0.1) is 0 Å². The van der Waals surface area contributed by atoms with Crippen molar-refractivity contribution in [2.75, 3.05) is 13.1 Å². The molecule has 0 unspecified atom stereocenters. The smallest absolute Gasteiger partial charge is 0.272 e. The van der Waals surface area contributed by atoms with E-state index in [0.717, 1.165) is 42.4 Å². The number of H-pyrrole nitrogens is 1. The first-order valence-corrected chi connectivity index (χ1v) is 7.56. The molecule has 0 spiro atoms. The molecule has 2 aromatic heterocycles. The quantitative estimate of drug-likeness (QED) is 0.670. The van der Waals surface area contributed by atoms with E-state index in [2.05, 4.69) is 25.6 Å². The highest BCUT2D eigenvalue weighted by atomic mass is 16.2. The normalized spacial score (nSPS) is 16.2. The molecule has 3 heterocycles. The topological polar surface area (TPSA) is 82.7 Å². The van der Waals surface area contributed by atoms with Gasteiger partial charge in [-0.05, 0) is 32.0 Å². The first-order valence-electron chi connectivity index (χ1n) is 7.56. The van der Waals surface area contributed by atoms with Crippen molar-refractivity contribution in [1.29, 1.82) is 0 Å². The number of carbonyl (C=O) groups is 1. The number of piperidine rings is 1. The van der Waals surface area contributed by atoms with Gasteiger partial charge in [0.25, 0.3) is 5.91 Å². The second-order valence-electron chi connectivity index (χ2n) is 5.61. The summed E-state index contributed by atoms with van der Waals surface area (Å²) in [6.45, 7) is 1.88. The zero-order chi connectivity index (χ0) is 14.9.